The van der Waals surface area contributed by atoms with Crippen LogP contribution in [0.25, 0.3) is 0 Å². The fourth-order valence-corrected chi connectivity index (χ4v) is 1.91. The maximum absolute atomic E-state index is 11.6. The molecule has 0 saturated carbocycles. The van der Waals surface area contributed by atoms with E-state index in [4.69, 9.17) is 16.3 Å². The summed E-state index contributed by atoms with van der Waals surface area (Å²) in [5.41, 5.74) is 0.0706. The molecule has 0 spiro atoms. The average molecular weight is 299 g/mol. The number of carbonyl (C=O) groups is 2. The van der Waals surface area contributed by atoms with Crippen molar-refractivity contribution in [3.05, 3.63) is 34.9 Å². The summed E-state index contributed by atoms with van der Waals surface area (Å²) in [6.07, 6.45) is 0.267. The summed E-state index contributed by atoms with van der Waals surface area (Å²) < 4.78 is 5.17. The van der Waals surface area contributed by atoms with Crippen LogP contribution in [0, 0.1) is 0 Å². The van der Waals surface area contributed by atoms with E-state index in [0.29, 0.717) is 10.6 Å². The van der Waals surface area contributed by atoms with E-state index in [1.54, 1.807) is 45.0 Å². The lowest BCUT2D eigenvalue weighted by molar-refractivity contribution is -0.155. The number of aliphatic carboxylic acids is 1. The van der Waals surface area contributed by atoms with Crippen LogP contribution in [0.2, 0.25) is 5.02 Å². The first kappa shape index (κ1) is 16.5. The van der Waals surface area contributed by atoms with Gasteiger partial charge in [0.1, 0.15) is 5.60 Å². The highest BCUT2D eigenvalue weighted by atomic mass is 35.5. The summed E-state index contributed by atoms with van der Waals surface area (Å²) in [7, 11) is 0. The lowest BCUT2D eigenvalue weighted by atomic mass is 9.94. The van der Waals surface area contributed by atoms with Crippen LogP contribution in [0.3, 0.4) is 0 Å². The molecule has 1 unspecified atom stereocenters. The first-order valence-corrected chi connectivity index (χ1v) is 6.77. The van der Waals surface area contributed by atoms with Crippen LogP contribution < -0.4 is 0 Å². The SMILES string of the molecule is CC(C)(C)OC(=O)CCC(C(=O)O)c1ccc(Cl)cc1. The fraction of sp³-hybridized carbons (Fsp3) is 0.467. The van der Waals surface area contributed by atoms with Crippen molar-refractivity contribution >= 4 is 23.5 Å². The summed E-state index contributed by atoms with van der Waals surface area (Å²) in [6, 6.07) is 6.60. The van der Waals surface area contributed by atoms with Crippen molar-refractivity contribution in [3.8, 4) is 0 Å². The van der Waals surface area contributed by atoms with Crippen LogP contribution in [-0.2, 0) is 14.3 Å². The number of rotatable bonds is 5. The minimum absolute atomic E-state index is 0.0663. The number of carbonyl (C=O) groups excluding carboxylic acids is 1. The molecule has 4 nitrogen and oxygen atoms in total. The third kappa shape index (κ3) is 5.61. The number of hydrogen-bond acceptors (Lipinski definition) is 3. The van der Waals surface area contributed by atoms with E-state index in [-0.39, 0.29) is 12.8 Å². The Hall–Kier alpha value is -1.55. The number of ether oxygens (including phenoxy) is 1. The second-order valence-corrected chi connectivity index (χ2v) is 6.00. The van der Waals surface area contributed by atoms with Gasteiger partial charge in [-0.15, -0.1) is 0 Å². The summed E-state index contributed by atoms with van der Waals surface area (Å²) in [6.45, 7) is 5.33. The molecule has 20 heavy (non-hydrogen) atoms. The Kier molecular flexibility index (Phi) is 5.57. The highest BCUT2D eigenvalue weighted by molar-refractivity contribution is 6.30. The summed E-state index contributed by atoms with van der Waals surface area (Å²) in [4.78, 5) is 22.9. The van der Waals surface area contributed by atoms with E-state index < -0.39 is 23.5 Å². The summed E-state index contributed by atoms with van der Waals surface area (Å²) >= 11 is 5.77. The van der Waals surface area contributed by atoms with E-state index in [0.717, 1.165) is 0 Å². The van der Waals surface area contributed by atoms with Crippen molar-refractivity contribution < 1.29 is 19.4 Å². The van der Waals surface area contributed by atoms with Gasteiger partial charge in [-0.2, -0.15) is 0 Å². The smallest absolute Gasteiger partial charge is 0.310 e. The van der Waals surface area contributed by atoms with Gasteiger partial charge in [-0.05, 0) is 44.9 Å². The monoisotopic (exact) mass is 298 g/mol. The molecule has 0 heterocycles. The molecular weight excluding hydrogens is 280 g/mol. The molecule has 0 saturated heterocycles. The van der Waals surface area contributed by atoms with Gasteiger partial charge in [0.05, 0.1) is 5.92 Å². The molecule has 1 N–H and O–H groups in total. The fourth-order valence-electron chi connectivity index (χ4n) is 1.78. The maximum Gasteiger partial charge on any atom is 0.310 e. The molecule has 1 aromatic carbocycles. The number of carboxylic acids is 1. The highest BCUT2D eigenvalue weighted by Crippen LogP contribution is 2.24. The molecule has 1 rings (SSSR count). The van der Waals surface area contributed by atoms with Gasteiger partial charge in [0.15, 0.2) is 0 Å². The second kappa shape index (κ2) is 6.75. The van der Waals surface area contributed by atoms with E-state index in [1.165, 1.54) is 0 Å². The first-order chi connectivity index (χ1) is 9.19. The number of hydrogen-bond donors (Lipinski definition) is 1. The summed E-state index contributed by atoms with van der Waals surface area (Å²) in [5.74, 6) is -2.09. The van der Waals surface area contributed by atoms with Crippen molar-refractivity contribution in [3.63, 3.8) is 0 Å². The molecule has 0 aliphatic heterocycles. The quantitative estimate of drug-likeness (QED) is 0.843. The molecule has 0 aliphatic carbocycles. The first-order valence-electron chi connectivity index (χ1n) is 6.39. The van der Waals surface area contributed by atoms with E-state index in [1.807, 2.05) is 0 Å². The molecule has 0 fully saturated rings. The Morgan fingerprint density at radius 3 is 2.25 bits per heavy atom. The van der Waals surface area contributed by atoms with Crippen molar-refractivity contribution in [1.29, 1.82) is 0 Å². The molecule has 0 radical (unpaired) electrons. The van der Waals surface area contributed by atoms with Crippen LogP contribution >= 0.6 is 11.6 Å². The van der Waals surface area contributed by atoms with Gasteiger partial charge in [0.25, 0.3) is 0 Å². The Labute approximate surface area is 123 Å². The van der Waals surface area contributed by atoms with Gasteiger partial charge in [0.2, 0.25) is 0 Å². The third-order valence-corrected chi connectivity index (χ3v) is 2.88. The summed E-state index contributed by atoms with van der Waals surface area (Å²) in [5, 5.41) is 9.80. The molecule has 110 valence electrons. The van der Waals surface area contributed by atoms with Crippen LogP contribution in [0.1, 0.15) is 45.1 Å². The van der Waals surface area contributed by atoms with E-state index in [2.05, 4.69) is 0 Å². The zero-order valence-electron chi connectivity index (χ0n) is 11.9. The van der Waals surface area contributed by atoms with Crippen molar-refractivity contribution in [2.75, 3.05) is 0 Å². The Balaban J connectivity index is 2.67. The number of halogens is 1. The Bertz CT molecular complexity index is 474. The van der Waals surface area contributed by atoms with Gasteiger partial charge in [-0.1, -0.05) is 23.7 Å². The number of benzene rings is 1. The minimum atomic E-state index is -0.962. The van der Waals surface area contributed by atoms with Gasteiger partial charge >= 0.3 is 11.9 Å². The van der Waals surface area contributed by atoms with Crippen LogP contribution in [-0.4, -0.2) is 22.6 Å². The van der Waals surface area contributed by atoms with Crippen LogP contribution in [0.5, 0.6) is 0 Å². The Morgan fingerprint density at radius 1 is 1.25 bits per heavy atom. The van der Waals surface area contributed by atoms with E-state index in [9.17, 15) is 14.7 Å². The van der Waals surface area contributed by atoms with Crippen LogP contribution in [0.15, 0.2) is 24.3 Å². The predicted molar refractivity (Wildman–Crippen MR) is 76.9 cm³/mol. The van der Waals surface area contributed by atoms with E-state index >= 15 is 0 Å². The molecule has 1 aromatic rings. The van der Waals surface area contributed by atoms with Crippen LogP contribution in [0.4, 0.5) is 0 Å². The predicted octanol–water partition coefficient (Wildman–Crippen LogP) is 3.63. The maximum atomic E-state index is 11.6. The van der Waals surface area contributed by atoms with Gasteiger partial charge < -0.3 is 9.84 Å². The molecule has 0 amide bonds. The topological polar surface area (TPSA) is 63.6 Å². The molecule has 0 bridgehead atoms. The van der Waals surface area contributed by atoms with Crippen molar-refractivity contribution in [1.82, 2.24) is 0 Å². The average Bonchev–Trinajstić information content (AvgIpc) is 2.29. The van der Waals surface area contributed by atoms with Gasteiger partial charge in [-0.3, -0.25) is 9.59 Å². The normalized spacial score (nSPS) is 12.8. The lowest BCUT2D eigenvalue weighted by Crippen LogP contribution is -2.24. The van der Waals surface area contributed by atoms with Gasteiger partial charge in [0, 0.05) is 11.4 Å². The van der Waals surface area contributed by atoms with Crippen molar-refractivity contribution in [2.45, 2.75) is 45.1 Å². The lowest BCUT2D eigenvalue weighted by Gasteiger charge is -2.20. The second-order valence-electron chi connectivity index (χ2n) is 5.57. The minimum Gasteiger partial charge on any atom is -0.481 e. The zero-order valence-corrected chi connectivity index (χ0v) is 12.6. The standard InChI is InChI=1S/C15H19ClO4/c1-15(2,3)20-13(17)9-8-12(14(18)19)10-4-6-11(16)7-5-10/h4-7,12H,8-9H2,1-3H3,(H,18,19). The zero-order chi connectivity index (χ0) is 15.3. The highest BCUT2D eigenvalue weighted by Gasteiger charge is 2.23. The third-order valence-electron chi connectivity index (χ3n) is 2.63. The number of carboxylic acid groups (broad SMARTS) is 1. The molecular formula is C15H19ClO4. The Morgan fingerprint density at radius 2 is 1.80 bits per heavy atom. The number of esters is 1. The molecule has 1 atom stereocenters. The van der Waals surface area contributed by atoms with Crippen molar-refractivity contribution in [2.24, 2.45) is 0 Å². The molecule has 5 heteroatoms. The molecule has 0 aromatic heterocycles. The largest absolute Gasteiger partial charge is 0.481 e. The van der Waals surface area contributed by atoms with Gasteiger partial charge in [-0.25, -0.2) is 0 Å². The molecule has 0 aliphatic rings.